The van der Waals surface area contributed by atoms with E-state index in [1.54, 1.807) is 0 Å². The first kappa shape index (κ1) is 14.3. The maximum atomic E-state index is 12.1. The van der Waals surface area contributed by atoms with Crippen LogP contribution in [0.5, 0.6) is 0 Å². The zero-order chi connectivity index (χ0) is 12.3. The molecular formula is C12H20I2NO2-. The molecule has 1 heterocycles. The van der Waals surface area contributed by atoms with Crippen molar-refractivity contribution >= 4 is 28.6 Å². The molecule has 1 saturated heterocycles. The third-order valence-electron chi connectivity index (χ3n) is 3.50. The summed E-state index contributed by atoms with van der Waals surface area (Å²) in [6.07, 6.45) is 8.02. The molecule has 0 aromatic rings. The number of hydrogen-bond donors (Lipinski definition) is 1. The molecule has 2 fully saturated rings. The molecule has 2 atom stereocenters. The van der Waals surface area contributed by atoms with E-state index in [9.17, 15) is 4.79 Å². The van der Waals surface area contributed by atoms with Crippen LogP contribution >= 0.6 is 22.6 Å². The minimum absolute atomic E-state index is 0.0237. The van der Waals surface area contributed by atoms with Gasteiger partial charge in [-0.05, 0) is 0 Å². The third kappa shape index (κ3) is 3.92. The molecule has 0 radical (unpaired) electrons. The molecule has 0 bridgehead atoms. The van der Waals surface area contributed by atoms with Crippen LogP contribution in [0.3, 0.4) is 0 Å². The Morgan fingerprint density at radius 2 is 2.18 bits per heavy atom. The average Bonchev–Trinajstić information content (AvgIpc) is 3.13. The van der Waals surface area contributed by atoms with Gasteiger partial charge in [0.15, 0.2) is 0 Å². The molecule has 2 unspecified atom stereocenters. The average molecular weight is 464 g/mol. The van der Waals surface area contributed by atoms with Gasteiger partial charge in [-0.25, -0.2) is 0 Å². The summed E-state index contributed by atoms with van der Waals surface area (Å²) >= 11 is 2.33. The molecule has 1 aliphatic heterocycles. The van der Waals surface area contributed by atoms with E-state index in [2.05, 4.69) is 33.0 Å². The molecule has 100 valence electrons. The van der Waals surface area contributed by atoms with Crippen LogP contribution in [0.4, 0.5) is 0 Å². The number of carbonyl (C=O) groups is 1. The number of ether oxygens (including phenoxy) is 1. The van der Waals surface area contributed by atoms with Crippen molar-refractivity contribution in [1.82, 2.24) is 3.53 Å². The Bertz CT molecular complexity index is 270. The summed E-state index contributed by atoms with van der Waals surface area (Å²) in [6, 6.07) is 0. The molecular weight excluding hydrogens is 444 g/mol. The zero-order valence-corrected chi connectivity index (χ0v) is 14.5. The second-order valence-electron chi connectivity index (χ2n) is 4.94. The van der Waals surface area contributed by atoms with Crippen molar-refractivity contribution < 1.29 is 31.0 Å². The van der Waals surface area contributed by atoms with Crippen molar-refractivity contribution in [3.05, 3.63) is 0 Å². The van der Waals surface area contributed by atoms with E-state index in [0.29, 0.717) is 4.05 Å². The van der Waals surface area contributed by atoms with Crippen LogP contribution in [-0.2, 0) is 9.53 Å². The molecule has 5 heteroatoms. The number of rotatable bonds is 5. The van der Waals surface area contributed by atoms with Crippen molar-refractivity contribution in [3.63, 3.8) is 0 Å². The van der Waals surface area contributed by atoms with E-state index in [-0.39, 0.29) is 37.0 Å². The first-order chi connectivity index (χ1) is 8.17. The normalized spacial score (nSPS) is 28.9. The second-order valence-corrected chi connectivity index (χ2v) is 8.87. The summed E-state index contributed by atoms with van der Waals surface area (Å²) in [5.41, 5.74) is -0.124. The molecule has 1 N–H and O–H groups in total. The molecule has 0 aromatic heterocycles. The van der Waals surface area contributed by atoms with Gasteiger partial charge in [0, 0.05) is 0 Å². The minimum atomic E-state index is -0.124. The van der Waals surface area contributed by atoms with Gasteiger partial charge >= 0.3 is 129 Å². The second kappa shape index (κ2) is 6.36. The van der Waals surface area contributed by atoms with Crippen molar-refractivity contribution in [2.45, 2.75) is 65.4 Å². The van der Waals surface area contributed by atoms with Crippen LogP contribution < -0.4 is 25.0 Å². The van der Waals surface area contributed by atoms with Gasteiger partial charge in [-0.1, -0.05) is 0 Å². The number of nitrogens with one attached hydrogen (secondary N) is 1. The van der Waals surface area contributed by atoms with Crippen molar-refractivity contribution in [1.29, 1.82) is 0 Å². The number of alkyl halides is 2. The van der Waals surface area contributed by atoms with E-state index < -0.39 is 0 Å². The van der Waals surface area contributed by atoms with Crippen LogP contribution in [-0.4, -0.2) is 19.5 Å². The fraction of sp³-hybridized carbons (Fsp3) is 0.917. The molecule has 3 nitrogen and oxygen atoms in total. The molecule has 0 amide bonds. The van der Waals surface area contributed by atoms with E-state index in [1.807, 2.05) is 0 Å². The summed E-state index contributed by atoms with van der Waals surface area (Å²) < 4.78 is 9.71. The van der Waals surface area contributed by atoms with Crippen LogP contribution in [0.15, 0.2) is 0 Å². The van der Waals surface area contributed by atoms with Gasteiger partial charge in [0.2, 0.25) is 0 Å². The van der Waals surface area contributed by atoms with E-state index >= 15 is 0 Å². The Labute approximate surface area is 128 Å². The summed E-state index contributed by atoms with van der Waals surface area (Å²) in [6.45, 7) is 2.18. The zero-order valence-electron chi connectivity index (χ0n) is 10.2. The predicted molar refractivity (Wildman–Crippen MR) is 71.5 cm³/mol. The summed E-state index contributed by atoms with van der Waals surface area (Å²) in [5, 5.41) is 0. The topological polar surface area (TPSA) is 48.2 Å². The Morgan fingerprint density at radius 3 is 2.71 bits per heavy atom. The Hall–Kier alpha value is 0.890. The number of halogens is 2. The summed E-state index contributed by atoms with van der Waals surface area (Å²) in [7, 11) is 0. The van der Waals surface area contributed by atoms with Gasteiger partial charge in [0.05, 0.1) is 0 Å². The van der Waals surface area contributed by atoms with Gasteiger partial charge in [0.25, 0.3) is 0 Å². The Kier molecular flexibility index (Phi) is 5.35. The predicted octanol–water partition coefficient (Wildman–Crippen LogP) is -0.230. The number of hydrogen-bond acceptors (Lipinski definition) is 3. The van der Waals surface area contributed by atoms with Gasteiger partial charge in [-0.15, -0.1) is 0 Å². The molecule has 0 spiro atoms. The van der Waals surface area contributed by atoms with Crippen LogP contribution in [0.1, 0.15) is 51.9 Å². The van der Waals surface area contributed by atoms with Crippen molar-refractivity contribution in [2.75, 3.05) is 0 Å². The van der Waals surface area contributed by atoms with Gasteiger partial charge in [0.1, 0.15) is 0 Å². The van der Waals surface area contributed by atoms with Crippen LogP contribution in [0, 0.1) is 0 Å². The summed E-state index contributed by atoms with van der Waals surface area (Å²) in [4.78, 5) is 12.1. The van der Waals surface area contributed by atoms with Crippen molar-refractivity contribution in [3.8, 4) is 0 Å². The van der Waals surface area contributed by atoms with Crippen molar-refractivity contribution in [2.24, 2.45) is 0 Å². The molecule has 0 aromatic carbocycles. The monoisotopic (exact) mass is 464 g/mol. The summed E-state index contributed by atoms with van der Waals surface area (Å²) in [5.74, 6) is 0.0237. The third-order valence-corrected chi connectivity index (χ3v) is 8.17. The first-order valence-corrected chi connectivity index (χ1v) is 9.99. The fourth-order valence-corrected chi connectivity index (χ4v) is 5.67. The Balaban J connectivity index is 1.93. The van der Waals surface area contributed by atoms with Gasteiger partial charge in [-0.2, -0.15) is 0 Å². The van der Waals surface area contributed by atoms with Gasteiger partial charge in [-0.3, -0.25) is 0 Å². The maximum absolute atomic E-state index is 12.1. The fourth-order valence-electron chi connectivity index (χ4n) is 2.59. The van der Waals surface area contributed by atoms with E-state index in [0.717, 1.165) is 25.7 Å². The van der Waals surface area contributed by atoms with E-state index in [4.69, 9.17) is 4.74 Å². The molecule has 1 aliphatic carbocycles. The van der Waals surface area contributed by atoms with E-state index in [1.165, 1.54) is 19.3 Å². The van der Waals surface area contributed by atoms with Crippen LogP contribution in [0.25, 0.3) is 0 Å². The SMILES string of the molecule is CCCC1(OC(=O)C(I)C2N[I-]2)CCCCC1. The molecule has 2 aliphatic rings. The Morgan fingerprint density at radius 1 is 1.53 bits per heavy atom. The number of carbonyl (C=O) groups excluding carboxylic acids is 1. The van der Waals surface area contributed by atoms with Gasteiger partial charge < -0.3 is 0 Å². The number of esters is 1. The van der Waals surface area contributed by atoms with Crippen LogP contribution in [0.2, 0.25) is 0 Å². The molecule has 1 saturated carbocycles. The first-order valence-electron chi connectivity index (χ1n) is 6.42. The standard InChI is InChI=1S/C12H20I2NO2/c1-2-6-12(7-4-3-5-8-12)17-11(16)9(13)10-14-15-10/h9-10,15H,2-8H2,1H3/q-1. The quantitative estimate of drug-likeness (QED) is 0.153. The molecule has 17 heavy (non-hydrogen) atoms. The molecule has 2 rings (SSSR count).